The first-order valence-corrected chi connectivity index (χ1v) is 12.4. The molecule has 0 bridgehead atoms. The minimum Gasteiger partial charge on any atom is -0.339 e. The van der Waals surface area contributed by atoms with Gasteiger partial charge in [0.1, 0.15) is 18.1 Å². The van der Waals surface area contributed by atoms with Gasteiger partial charge in [0.25, 0.3) is 0 Å². The zero-order chi connectivity index (χ0) is 24.0. The lowest BCUT2D eigenvalue weighted by Crippen LogP contribution is -2.48. The second-order valence-electron chi connectivity index (χ2n) is 9.07. The van der Waals surface area contributed by atoms with Crippen molar-refractivity contribution >= 4 is 50.6 Å². The summed E-state index contributed by atoms with van der Waals surface area (Å²) in [7, 11) is 1.98. The molecule has 178 valence electrons. The molecule has 1 aromatic carbocycles. The Morgan fingerprint density at radius 1 is 1.15 bits per heavy atom. The molecule has 0 radical (unpaired) electrons. The lowest BCUT2D eigenvalue weighted by atomic mass is 10.1. The number of carbonyl (C=O) groups is 2. The fourth-order valence-electron chi connectivity index (χ4n) is 4.69. The second kappa shape index (κ2) is 8.92. The van der Waals surface area contributed by atoms with Crippen LogP contribution in [-0.2, 0) is 16.1 Å². The van der Waals surface area contributed by atoms with Gasteiger partial charge >= 0.3 is 0 Å². The predicted molar refractivity (Wildman–Crippen MR) is 134 cm³/mol. The van der Waals surface area contributed by atoms with Crippen LogP contribution in [-0.4, -0.2) is 76.2 Å². The van der Waals surface area contributed by atoms with E-state index in [4.69, 9.17) is 15.0 Å². The van der Waals surface area contributed by atoms with Crippen molar-refractivity contribution in [1.82, 2.24) is 24.8 Å². The van der Waals surface area contributed by atoms with Gasteiger partial charge in [-0.3, -0.25) is 9.69 Å². The average Bonchev–Trinajstić information content (AvgIpc) is 3.44. The van der Waals surface area contributed by atoms with E-state index in [2.05, 4.69) is 29.7 Å². The molecule has 5 rings (SSSR count). The Labute approximate surface area is 203 Å². The normalized spacial score (nSPS) is 18.6. The molecule has 3 aromatic rings. The molecule has 1 unspecified atom stereocenters. The first-order chi connectivity index (χ1) is 16.4. The van der Waals surface area contributed by atoms with Gasteiger partial charge in [-0.25, -0.2) is 9.97 Å². The highest BCUT2D eigenvalue weighted by atomic mass is 32.1. The molecule has 0 aliphatic carbocycles. The summed E-state index contributed by atoms with van der Waals surface area (Å²) in [5, 5.41) is 0.847. The number of rotatable bonds is 5. The Hall–Kier alpha value is -3.11. The van der Waals surface area contributed by atoms with E-state index in [0.29, 0.717) is 38.7 Å². The number of amides is 1. The Morgan fingerprint density at radius 3 is 2.53 bits per heavy atom. The topological polar surface area (TPSA) is 85.8 Å². The number of para-hydroxylation sites is 1. The minimum atomic E-state index is -0.405. The summed E-state index contributed by atoms with van der Waals surface area (Å²) >= 11 is 1.62. The molecule has 4 heterocycles. The number of nitrogens with zero attached hydrogens (tertiary/aromatic N) is 7. The highest BCUT2D eigenvalue weighted by molar-refractivity contribution is 7.22. The van der Waals surface area contributed by atoms with Crippen LogP contribution >= 0.6 is 11.3 Å². The maximum Gasteiger partial charge on any atom is 0.227 e. The van der Waals surface area contributed by atoms with E-state index in [1.54, 1.807) is 18.3 Å². The molecule has 2 aromatic heterocycles. The molecule has 34 heavy (non-hydrogen) atoms. The highest BCUT2D eigenvalue weighted by Gasteiger charge is 2.38. The van der Waals surface area contributed by atoms with Gasteiger partial charge in [-0.15, -0.1) is 0 Å². The molecule has 1 atom stereocenters. The van der Waals surface area contributed by atoms with Crippen molar-refractivity contribution in [2.75, 3.05) is 43.0 Å². The number of piperazine rings is 1. The number of carbonyl (C=O) groups excluding carboxylic acids is 2. The zero-order valence-electron chi connectivity index (χ0n) is 19.9. The fraction of sp³-hybridized carbons (Fsp3) is 0.458. The van der Waals surface area contributed by atoms with Crippen molar-refractivity contribution in [2.24, 2.45) is 0 Å². The molecule has 0 saturated carbocycles. The van der Waals surface area contributed by atoms with Crippen LogP contribution in [0.3, 0.4) is 0 Å². The molecule has 1 fully saturated rings. The standard InChI is InChI=1S/C24H29N7O2S/c1-15(2)31-13-17-21(19(31)14-32)26-23(30-11-9-29(10-12-30)16(3)33)27-22(17)28(4)24-25-18-7-5-6-8-20(18)34-24/h5-8,14-15,19H,9-13H2,1-4H3. The van der Waals surface area contributed by atoms with E-state index in [1.807, 2.05) is 35.0 Å². The van der Waals surface area contributed by atoms with E-state index in [-0.39, 0.29) is 11.9 Å². The van der Waals surface area contributed by atoms with Crippen LogP contribution in [0, 0.1) is 0 Å². The highest BCUT2D eigenvalue weighted by Crippen LogP contribution is 2.41. The SMILES string of the molecule is CC(=O)N1CCN(c2nc3c(c(N(C)c4nc5ccccc5s4)n2)CN(C(C)C)C3C=O)CC1. The van der Waals surface area contributed by atoms with E-state index in [9.17, 15) is 9.59 Å². The zero-order valence-corrected chi connectivity index (χ0v) is 20.7. The number of benzene rings is 1. The summed E-state index contributed by atoms with van der Waals surface area (Å²) in [6.45, 7) is 8.97. The van der Waals surface area contributed by atoms with Crippen molar-refractivity contribution in [1.29, 1.82) is 0 Å². The van der Waals surface area contributed by atoms with Gasteiger partial charge in [0.15, 0.2) is 5.13 Å². The first-order valence-electron chi connectivity index (χ1n) is 11.6. The Balaban J connectivity index is 1.57. The van der Waals surface area contributed by atoms with Gasteiger partial charge in [-0.05, 0) is 26.0 Å². The number of aldehydes is 1. The number of hydrogen-bond acceptors (Lipinski definition) is 9. The van der Waals surface area contributed by atoms with Gasteiger partial charge in [0.05, 0.1) is 15.9 Å². The van der Waals surface area contributed by atoms with Crippen LogP contribution in [0.2, 0.25) is 0 Å². The van der Waals surface area contributed by atoms with Crippen LogP contribution < -0.4 is 9.80 Å². The van der Waals surface area contributed by atoms with Crippen LogP contribution in [0.4, 0.5) is 16.9 Å². The van der Waals surface area contributed by atoms with Crippen molar-refractivity contribution in [3.8, 4) is 0 Å². The number of aromatic nitrogens is 3. The molecular formula is C24H29N7O2S. The van der Waals surface area contributed by atoms with E-state index >= 15 is 0 Å². The molecule has 10 heteroatoms. The maximum absolute atomic E-state index is 12.2. The van der Waals surface area contributed by atoms with Gasteiger partial charge < -0.3 is 19.5 Å². The van der Waals surface area contributed by atoms with E-state index in [0.717, 1.165) is 38.7 Å². The van der Waals surface area contributed by atoms with E-state index < -0.39 is 6.04 Å². The number of anilines is 3. The molecule has 1 amide bonds. The van der Waals surface area contributed by atoms with Gasteiger partial charge in [-0.1, -0.05) is 23.5 Å². The maximum atomic E-state index is 12.2. The minimum absolute atomic E-state index is 0.0828. The Bertz CT molecular complexity index is 1200. The summed E-state index contributed by atoms with van der Waals surface area (Å²) in [6.07, 6.45) is 0.984. The number of thiazole rings is 1. The van der Waals surface area contributed by atoms with Crippen molar-refractivity contribution < 1.29 is 9.59 Å². The summed E-state index contributed by atoms with van der Waals surface area (Å²) in [5.41, 5.74) is 2.69. The Morgan fingerprint density at radius 2 is 1.88 bits per heavy atom. The third-order valence-electron chi connectivity index (χ3n) is 6.67. The number of fused-ring (bicyclic) bond motifs is 2. The second-order valence-corrected chi connectivity index (χ2v) is 10.1. The predicted octanol–water partition coefficient (Wildman–Crippen LogP) is 2.99. The van der Waals surface area contributed by atoms with Crippen molar-refractivity contribution in [2.45, 2.75) is 39.4 Å². The average molecular weight is 480 g/mol. The summed E-state index contributed by atoms with van der Waals surface area (Å²) in [5.74, 6) is 1.46. The monoisotopic (exact) mass is 479 g/mol. The fourth-order valence-corrected chi connectivity index (χ4v) is 5.62. The van der Waals surface area contributed by atoms with E-state index in [1.165, 1.54) is 0 Å². The lowest BCUT2D eigenvalue weighted by Gasteiger charge is -2.34. The van der Waals surface area contributed by atoms with Crippen LogP contribution in [0.15, 0.2) is 24.3 Å². The molecular weight excluding hydrogens is 450 g/mol. The third-order valence-corrected chi connectivity index (χ3v) is 7.78. The Kier molecular flexibility index (Phi) is 5.95. The third kappa shape index (κ3) is 3.90. The van der Waals surface area contributed by atoms with Crippen LogP contribution in [0.1, 0.15) is 38.1 Å². The summed E-state index contributed by atoms with van der Waals surface area (Å²) < 4.78 is 1.12. The molecule has 0 N–H and O–H groups in total. The van der Waals surface area contributed by atoms with Crippen LogP contribution in [0.25, 0.3) is 10.2 Å². The quantitative estimate of drug-likeness (QED) is 0.517. The van der Waals surface area contributed by atoms with Gasteiger partial charge in [-0.2, -0.15) is 4.98 Å². The smallest absolute Gasteiger partial charge is 0.227 e. The molecule has 2 aliphatic rings. The van der Waals surface area contributed by atoms with Crippen molar-refractivity contribution in [3.63, 3.8) is 0 Å². The number of hydrogen-bond donors (Lipinski definition) is 0. The van der Waals surface area contributed by atoms with Crippen molar-refractivity contribution in [3.05, 3.63) is 35.5 Å². The summed E-state index contributed by atoms with van der Waals surface area (Å²) in [6, 6.07) is 7.86. The largest absolute Gasteiger partial charge is 0.339 e. The molecule has 0 spiro atoms. The first kappa shape index (κ1) is 22.7. The van der Waals surface area contributed by atoms with Gasteiger partial charge in [0, 0.05) is 58.3 Å². The summed E-state index contributed by atoms with van der Waals surface area (Å²) in [4.78, 5) is 46.8. The molecule has 9 nitrogen and oxygen atoms in total. The van der Waals surface area contributed by atoms with Gasteiger partial charge in [0.2, 0.25) is 11.9 Å². The molecule has 2 aliphatic heterocycles. The molecule has 1 saturated heterocycles. The lowest BCUT2D eigenvalue weighted by molar-refractivity contribution is -0.129. The van der Waals surface area contributed by atoms with Crippen LogP contribution in [0.5, 0.6) is 0 Å².